The highest BCUT2D eigenvalue weighted by Crippen LogP contribution is 2.64. The minimum absolute atomic E-state index is 0.0442. The summed E-state index contributed by atoms with van der Waals surface area (Å²) in [4.78, 5) is 10.0. The number of rotatable bonds is 5. The fraction of sp³-hybridized carbons (Fsp3) is 0.562. The Morgan fingerprint density at radius 3 is 1.89 bits per heavy atom. The smallest absolute Gasteiger partial charge is 0.216 e. The van der Waals surface area contributed by atoms with Crippen LogP contribution in [0.5, 0.6) is 0 Å². The van der Waals surface area contributed by atoms with Gasteiger partial charge in [0, 0.05) is 16.5 Å². The molecule has 0 bridgehead atoms. The van der Waals surface area contributed by atoms with Gasteiger partial charge in [0.15, 0.2) is 0 Å². The zero-order valence-corrected chi connectivity index (χ0v) is 22.8. The molecule has 3 atom stereocenters. The number of fused-ring (bicyclic) bond motifs is 4. The highest BCUT2D eigenvalue weighted by atomic mass is 16.5. The molecule has 0 unspecified atom stereocenters. The van der Waals surface area contributed by atoms with Crippen molar-refractivity contribution >= 4 is 11.8 Å². The second-order valence-electron chi connectivity index (χ2n) is 12.8. The predicted octanol–water partition coefficient (Wildman–Crippen LogP) is 6.84. The molecule has 2 aliphatic carbocycles. The molecule has 0 N–H and O–H groups in total. The van der Waals surface area contributed by atoms with E-state index >= 15 is 0 Å². The Labute approximate surface area is 216 Å². The molecule has 0 aromatic heterocycles. The molecule has 190 valence electrons. The third-order valence-electron chi connectivity index (χ3n) is 8.89. The first-order chi connectivity index (χ1) is 17.2. The van der Waals surface area contributed by atoms with E-state index in [2.05, 4.69) is 77.9 Å². The molecule has 2 heterocycles. The lowest BCUT2D eigenvalue weighted by atomic mass is 9.70. The molecular weight excluding hydrogens is 444 g/mol. The van der Waals surface area contributed by atoms with Crippen molar-refractivity contribution in [3.05, 3.63) is 69.8 Å². The van der Waals surface area contributed by atoms with E-state index in [4.69, 9.17) is 19.5 Å². The second-order valence-corrected chi connectivity index (χ2v) is 12.8. The third-order valence-corrected chi connectivity index (χ3v) is 8.89. The van der Waals surface area contributed by atoms with Gasteiger partial charge in [-0.1, -0.05) is 71.7 Å². The van der Waals surface area contributed by atoms with E-state index in [0.717, 1.165) is 31.1 Å². The first-order valence-corrected chi connectivity index (χ1v) is 13.9. The molecule has 6 rings (SSSR count). The lowest BCUT2D eigenvalue weighted by Gasteiger charge is -2.32. The Hall–Kier alpha value is -2.62. The van der Waals surface area contributed by atoms with E-state index in [1.165, 1.54) is 46.2 Å². The molecule has 0 saturated heterocycles. The zero-order valence-electron chi connectivity index (χ0n) is 22.8. The maximum atomic E-state index is 6.33. The van der Waals surface area contributed by atoms with Crippen molar-refractivity contribution in [2.24, 2.45) is 9.98 Å². The van der Waals surface area contributed by atoms with Crippen LogP contribution in [0.2, 0.25) is 0 Å². The lowest BCUT2D eigenvalue weighted by molar-refractivity contribution is 0.309. The van der Waals surface area contributed by atoms with Crippen molar-refractivity contribution in [3.8, 4) is 0 Å². The van der Waals surface area contributed by atoms with Gasteiger partial charge in [-0.3, -0.25) is 0 Å². The predicted molar refractivity (Wildman–Crippen MR) is 147 cm³/mol. The molecule has 4 aliphatic rings. The Bertz CT molecular complexity index is 1270. The number of hydrogen-bond donors (Lipinski definition) is 0. The molecule has 2 aliphatic heterocycles. The van der Waals surface area contributed by atoms with E-state index < -0.39 is 0 Å². The van der Waals surface area contributed by atoms with E-state index in [1.54, 1.807) is 0 Å². The maximum Gasteiger partial charge on any atom is 0.216 e. The third kappa shape index (κ3) is 3.47. The average molecular weight is 485 g/mol. The van der Waals surface area contributed by atoms with Crippen molar-refractivity contribution in [3.63, 3.8) is 0 Å². The fourth-order valence-corrected chi connectivity index (χ4v) is 7.63. The van der Waals surface area contributed by atoms with Crippen LogP contribution in [-0.4, -0.2) is 37.1 Å². The first-order valence-electron chi connectivity index (χ1n) is 13.9. The van der Waals surface area contributed by atoms with Crippen LogP contribution in [0.1, 0.15) is 107 Å². The molecule has 0 radical (unpaired) electrons. The van der Waals surface area contributed by atoms with Crippen LogP contribution in [0.4, 0.5) is 0 Å². The van der Waals surface area contributed by atoms with Gasteiger partial charge in [0.25, 0.3) is 0 Å². The molecule has 0 fully saturated rings. The maximum absolute atomic E-state index is 6.33. The summed E-state index contributed by atoms with van der Waals surface area (Å²) in [5, 5.41) is 0. The number of hydrogen-bond acceptors (Lipinski definition) is 4. The van der Waals surface area contributed by atoms with E-state index in [0.29, 0.717) is 13.2 Å². The van der Waals surface area contributed by atoms with Gasteiger partial charge in [-0.15, -0.1) is 0 Å². The molecule has 2 aromatic carbocycles. The number of benzene rings is 2. The second kappa shape index (κ2) is 8.19. The molecular formula is C32H40N2O2. The van der Waals surface area contributed by atoms with Gasteiger partial charge in [0.2, 0.25) is 11.8 Å². The van der Waals surface area contributed by atoms with Gasteiger partial charge >= 0.3 is 0 Å². The van der Waals surface area contributed by atoms with Crippen molar-refractivity contribution in [2.45, 2.75) is 102 Å². The minimum atomic E-state index is -0.129. The van der Waals surface area contributed by atoms with Gasteiger partial charge in [-0.2, -0.15) is 0 Å². The Kier molecular flexibility index (Phi) is 5.41. The van der Waals surface area contributed by atoms with Gasteiger partial charge < -0.3 is 9.47 Å². The molecule has 0 saturated carbocycles. The van der Waals surface area contributed by atoms with Crippen LogP contribution in [0.3, 0.4) is 0 Å². The summed E-state index contributed by atoms with van der Waals surface area (Å²) >= 11 is 0. The normalized spacial score (nSPS) is 28.9. The Morgan fingerprint density at radius 1 is 0.806 bits per heavy atom. The SMILES string of the molecule is CCCC[C@H]1COC(c2cccc3c2[C@@]2(CC3(C)C)CC(C)(C)c3cccc(C4=N[C@@H](C)CO4)c32)=N1. The van der Waals surface area contributed by atoms with Crippen molar-refractivity contribution in [2.75, 3.05) is 13.2 Å². The molecule has 0 amide bonds. The van der Waals surface area contributed by atoms with Crippen LogP contribution in [0.15, 0.2) is 46.4 Å². The summed E-state index contributed by atoms with van der Waals surface area (Å²) in [6.07, 6.45) is 5.62. The van der Waals surface area contributed by atoms with Gasteiger partial charge in [0.05, 0.1) is 12.1 Å². The van der Waals surface area contributed by atoms with Crippen LogP contribution in [0, 0.1) is 0 Å². The summed E-state index contributed by atoms with van der Waals surface area (Å²) in [6, 6.07) is 14.0. The highest BCUT2D eigenvalue weighted by Gasteiger charge is 2.58. The van der Waals surface area contributed by atoms with E-state index in [-0.39, 0.29) is 28.3 Å². The van der Waals surface area contributed by atoms with Crippen LogP contribution in [0.25, 0.3) is 0 Å². The molecule has 1 spiro atoms. The largest absolute Gasteiger partial charge is 0.475 e. The van der Waals surface area contributed by atoms with Crippen molar-refractivity contribution < 1.29 is 9.47 Å². The van der Waals surface area contributed by atoms with Crippen molar-refractivity contribution in [1.82, 2.24) is 0 Å². The lowest BCUT2D eigenvalue weighted by Crippen LogP contribution is -2.30. The fourth-order valence-electron chi connectivity index (χ4n) is 7.63. The van der Waals surface area contributed by atoms with Crippen LogP contribution < -0.4 is 0 Å². The average Bonchev–Trinajstić information content (AvgIpc) is 3.58. The van der Waals surface area contributed by atoms with Gasteiger partial charge in [0.1, 0.15) is 13.2 Å². The van der Waals surface area contributed by atoms with E-state index in [9.17, 15) is 0 Å². The van der Waals surface area contributed by atoms with Crippen LogP contribution >= 0.6 is 0 Å². The quantitative estimate of drug-likeness (QED) is 0.466. The summed E-state index contributed by atoms with van der Waals surface area (Å²) in [7, 11) is 0. The number of unbranched alkanes of at least 4 members (excludes halogenated alkanes) is 1. The zero-order chi connectivity index (χ0) is 25.3. The molecule has 2 aromatic rings. The van der Waals surface area contributed by atoms with Crippen molar-refractivity contribution in [1.29, 1.82) is 0 Å². The topological polar surface area (TPSA) is 43.2 Å². The minimum Gasteiger partial charge on any atom is -0.475 e. The standard InChI is InChI=1S/C32H40N2O2/c1-7-8-11-21-17-36-29(34-21)23-13-10-15-25-27(23)32(19-31(25,5)6)18-30(3,4)24-14-9-12-22(26(24)32)28-33-20(2)16-35-28/h9-10,12-15,20-21H,7-8,11,16-19H2,1-6H3/t20-,21-,32+/m0/s1. The monoisotopic (exact) mass is 484 g/mol. The first kappa shape index (κ1) is 23.8. The summed E-state index contributed by atoms with van der Waals surface area (Å²) < 4.78 is 12.5. The molecule has 36 heavy (non-hydrogen) atoms. The summed E-state index contributed by atoms with van der Waals surface area (Å²) in [5.74, 6) is 1.66. The number of ether oxygens (including phenoxy) is 2. The van der Waals surface area contributed by atoms with Gasteiger partial charge in [-0.25, -0.2) is 9.98 Å². The van der Waals surface area contributed by atoms with Gasteiger partial charge in [-0.05, 0) is 71.4 Å². The van der Waals surface area contributed by atoms with Crippen LogP contribution in [-0.2, 0) is 25.7 Å². The number of nitrogens with zero attached hydrogens (tertiary/aromatic N) is 2. The highest BCUT2D eigenvalue weighted by molar-refractivity contribution is 6.00. The Balaban J connectivity index is 1.58. The summed E-state index contributed by atoms with van der Waals surface area (Å²) in [5.41, 5.74) is 8.04. The summed E-state index contributed by atoms with van der Waals surface area (Å²) in [6.45, 7) is 15.4. The molecule has 4 heteroatoms. The Morgan fingerprint density at radius 2 is 1.36 bits per heavy atom. The van der Waals surface area contributed by atoms with E-state index in [1.807, 2.05) is 0 Å². The molecule has 4 nitrogen and oxygen atoms in total. The number of aliphatic imine (C=N–C) groups is 2.